The van der Waals surface area contributed by atoms with Crippen LogP contribution in [0.15, 0.2) is 97.3 Å². The molecule has 0 aliphatic carbocycles. The quantitative estimate of drug-likeness (QED) is 0.310. The summed E-state index contributed by atoms with van der Waals surface area (Å²) >= 11 is 1.84. The number of thiophene rings is 1. The maximum absolute atomic E-state index is 4.83. The predicted octanol–water partition coefficient (Wildman–Crippen LogP) is 7.33. The Kier molecular flexibility index (Phi) is 3.68. The van der Waals surface area contributed by atoms with Gasteiger partial charge in [-0.05, 0) is 18.2 Å². The van der Waals surface area contributed by atoms with Crippen molar-refractivity contribution in [1.82, 2.24) is 9.97 Å². The molecule has 0 aliphatic heterocycles. The van der Waals surface area contributed by atoms with E-state index in [-0.39, 0.29) is 0 Å². The Morgan fingerprint density at radius 2 is 1.45 bits per heavy atom. The molecule has 0 radical (unpaired) electrons. The lowest BCUT2D eigenvalue weighted by atomic mass is 10.0. The summed E-state index contributed by atoms with van der Waals surface area (Å²) in [6.45, 7) is 0. The van der Waals surface area contributed by atoms with E-state index in [0.717, 1.165) is 27.7 Å². The largest absolute Gasteiger partial charge is 0.256 e. The number of fused-ring (bicyclic) bond motifs is 4. The molecular weight excluding hydrogens is 372 g/mol. The molecule has 0 saturated heterocycles. The van der Waals surface area contributed by atoms with E-state index in [1.54, 1.807) is 0 Å². The van der Waals surface area contributed by atoms with E-state index in [1.807, 2.05) is 29.8 Å². The number of pyridine rings is 2. The number of rotatable bonds is 2. The van der Waals surface area contributed by atoms with E-state index in [1.165, 1.54) is 25.7 Å². The van der Waals surface area contributed by atoms with Gasteiger partial charge in [-0.25, -0.2) is 0 Å². The van der Waals surface area contributed by atoms with Crippen LogP contribution in [0.25, 0.3) is 53.5 Å². The van der Waals surface area contributed by atoms with Crippen LogP contribution in [-0.2, 0) is 0 Å². The monoisotopic (exact) mass is 388 g/mol. The summed E-state index contributed by atoms with van der Waals surface area (Å²) in [7, 11) is 0. The molecule has 29 heavy (non-hydrogen) atoms. The second-order valence-electron chi connectivity index (χ2n) is 7.09. The number of hydrogen-bond acceptors (Lipinski definition) is 3. The first-order valence-electron chi connectivity index (χ1n) is 9.59. The zero-order chi connectivity index (χ0) is 19.2. The van der Waals surface area contributed by atoms with Crippen molar-refractivity contribution in [3.05, 3.63) is 97.3 Å². The SMILES string of the molecule is c1cnc2c(-c3ccc(-c4cccc5c4sc4ccccc45)nc3)cccc2c1. The zero-order valence-electron chi connectivity index (χ0n) is 15.5. The van der Waals surface area contributed by atoms with Gasteiger partial charge in [0.2, 0.25) is 0 Å². The van der Waals surface area contributed by atoms with Gasteiger partial charge in [-0.15, -0.1) is 11.3 Å². The lowest BCUT2D eigenvalue weighted by molar-refractivity contribution is 1.33. The van der Waals surface area contributed by atoms with E-state index >= 15 is 0 Å². The van der Waals surface area contributed by atoms with Gasteiger partial charge in [-0.3, -0.25) is 9.97 Å². The van der Waals surface area contributed by atoms with Gasteiger partial charge in [0.05, 0.1) is 11.2 Å². The van der Waals surface area contributed by atoms with Crippen LogP contribution in [-0.4, -0.2) is 9.97 Å². The summed E-state index contributed by atoms with van der Waals surface area (Å²) in [5.41, 5.74) is 5.39. The second-order valence-corrected chi connectivity index (χ2v) is 8.15. The van der Waals surface area contributed by atoms with Crippen molar-refractivity contribution < 1.29 is 0 Å². The Hall–Kier alpha value is -3.56. The highest BCUT2D eigenvalue weighted by Crippen LogP contribution is 2.39. The van der Waals surface area contributed by atoms with E-state index in [4.69, 9.17) is 4.98 Å². The highest BCUT2D eigenvalue weighted by Gasteiger charge is 2.11. The summed E-state index contributed by atoms with van der Waals surface area (Å²) < 4.78 is 2.61. The Bertz CT molecular complexity index is 1490. The zero-order valence-corrected chi connectivity index (χ0v) is 16.4. The standard InChI is InChI=1S/C26H16N2S/c1-2-12-24-20(8-1)21-10-4-11-22(26(21)29-24)23-14-13-18(16-28-23)19-9-3-6-17-7-5-15-27-25(17)19/h1-16H. The van der Waals surface area contributed by atoms with E-state index in [0.29, 0.717) is 0 Å². The fourth-order valence-corrected chi connectivity index (χ4v) is 5.22. The molecule has 0 unspecified atom stereocenters. The molecule has 2 nitrogen and oxygen atoms in total. The highest BCUT2D eigenvalue weighted by molar-refractivity contribution is 7.26. The predicted molar refractivity (Wildman–Crippen MR) is 123 cm³/mol. The summed E-state index contributed by atoms with van der Waals surface area (Å²) in [5, 5.41) is 3.75. The third-order valence-corrected chi connectivity index (χ3v) is 6.61. The van der Waals surface area contributed by atoms with Crippen LogP contribution in [0.5, 0.6) is 0 Å². The normalized spacial score (nSPS) is 11.4. The first kappa shape index (κ1) is 16.4. The van der Waals surface area contributed by atoms with Crippen molar-refractivity contribution in [2.24, 2.45) is 0 Å². The van der Waals surface area contributed by atoms with E-state index in [2.05, 4.69) is 83.8 Å². The van der Waals surface area contributed by atoms with Crippen molar-refractivity contribution in [1.29, 1.82) is 0 Å². The van der Waals surface area contributed by atoms with Crippen LogP contribution in [0.4, 0.5) is 0 Å². The Balaban J connectivity index is 1.50. The number of para-hydroxylation sites is 1. The fourth-order valence-electron chi connectivity index (χ4n) is 4.00. The molecule has 0 fully saturated rings. The van der Waals surface area contributed by atoms with Gasteiger partial charge in [0.1, 0.15) is 0 Å². The molecule has 0 N–H and O–H groups in total. The molecule has 0 spiro atoms. The van der Waals surface area contributed by atoms with Crippen LogP contribution in [0, 0.1) is 0 Å². The maximum atomic E-state index is 4.83. The van der Waals surface area contributed by atoms with Crippen molar-refractivity contribution >= 4 is 42.4 Å². The maximum Gasteiger partial charge on any atom is 0.0780 e. The lowest BCUT2D eigenvalue weighted by Crippen LogP contribution is -1.88. The molecule has 0 amide bonds. The number of benzene rings is 3. The Labute approximate surface area is 172 Å². The summed E-state index contributed by atoms with van der Waals surface area (Å²) in [5.74, 6) is 0. The molecule has 0 aliphatic rings. The molecule has 6 rings (SSSR count). The van der Waals surface area contributed by atoms with E-state index in [9.17, 15) is 0 Å². The van der Waals surface area contributed by atoms with Crippen molar-refractivity contribution in [2.75, 3.05) is 0 Å². The minimum atomic E-state index is 0.999. The smallest absolute Gasteiger partial charge is 0.0780 e. The average molecular weight is 388 g/mol. The van der Waals surface area contributed by atoms with Gasteiger partial charge in [0.15, 0.2) is 0 Å². The van der Waals surface area contributed by atoms with Crippen LogP contribution in [0.3, 0.4) is 0 Å². The van der Waals surface area contributed by atoms with Gasteiger partial charge in [0, 0.05) is 54.6 Å². The Morgan fingerprint density at radius 1 is 0.621 bits per heavy atom. The minimum Gasteiger partial charge on any atom is -0.256 e. The van der Waals surface area contributed by atoms with Crippen LogP contribution < -0.4 is 0 Å². The highest BCUT2D eigenvalue weighted by atomic mass is 32.1. The Morgan fingerprint density at radius 3 is 2.38 bits per heavy atom. The van der Waals surface area contributed by atoms with Crippen molar-refractivity contribution in [3.8, 4) is 22.4 Å². The fraction of sp³-hybridized carbons (Fsp3) is 0. The summed E-state index contributed by atoms with van der Waals surface area (Å²) in [6.07, 6.45) is 3.81. The number of hydrogen-bond donors (Lipinski definition) is 0. The molecule has 6 aromatic rings. The third-order valence-electron chi connectivity index (χ3n) is 5.39. The molecule has 3 heterocycles. The van der Waals surface area contributed by atoms with Crippen LogP contribution in [0.2, 0.25) is 0 Å². The minimum absolute atomic E-state index is 0.999. The third kappa shape index (κ3) is 2.63. The van der Waals surface area contributed by atoms with Gasteiger partial charge in [-0.2, -0.15) is 0 Å². The molecule has 0 bridgehead atoms. The molecule has 3 aromatic heterocycles. The molecule has 3 heteroatoms. The second kappa shape index (κ2) is 6.50. The summed E-state index contributed by atoms with van der Waals surface area (Å²) in [6, 6.07) is 29.7. The van der Waals surface area contributed by atoms with Gasteiger partial charge in [0.25, 0.3) is 0 Å². The molecule has 0 atom stereocenters. The first-order valence-corrected chi connectivity index (χ1v) is 10.4. The molecule has 136 valence electrons. The number of nitrogens with zero attached hydrogens (tertiary/aromatic N) is 2. The van der Waals surface area contributed by atoms with Gasteiger partial charge < -0.3 is 0 Å². The topological polar surface area (TPSA) is 25.8 Å². The number of aromatic nitrogens is 2. The first-order chi connectivity index (χ1) is 14.4. The molecular formula is C26H16N2S. The van der Waals surface area contributed by atoms with Crippen LogP contribution in [0.1, 0.15) is 0 Å². The van der Waals surface area contributed by atoms with Gasteiger partial charge >= 0.3 is 0 Å². The van der Waals surface area contributed by atoms with Crippen molar-refractivity contribution in [3.63, 3.8) is 0 Å². The summed E-state index contributed by atoms with van der Waals surface area (Å²) in [4.78, 5) is 9.41. The average Bonchev–Trinajstić information content (AvgIpc) is 3.18. The van der Waals surface area contributed by atoms with E-state index < -0.39 is 0 Å². The van der Waals surface area contributed by atoms with Gasteiger partial charge in [-0.1, -0.05) is 66.7 Å². The lowest BCUT2D eigenvalue weighted by Gasteiger charge is -2.07. The molecule has 0 saturated carbocycles. The van der Waals surface area contributed by atoms with Crippen LogP contribution >= 0.6 is 11.3 Å². The van der Waals surface area contributed by atoms with Crippen molar-refractivity contribution in [2.45, 2.75) is 0 Å². The molecule has 3 aromatic carbocycles.